The minimum atomic E-state index is 0.0374. The Kier molecular flexibility index (Phi) is 6.49. The Hall–Kier alpha value is -2.79. The molecule has 5 heteroatoms. The highest BCUT2D eigenvalue weighted by Gasteiger charge is 2.13. The first kappa shape index (κ1) is 19.0. The summed E-state index contributed by atoms with van der Waals surface area (Å²) in [6.07, 6.45) is 3.44. The van der Waals surface area contributed by atoms with Gasteiger partial charge in [-0.25, -0.2) is 0 Å². The Morgan fingerprint density at radius 2 is 1.93 bits per heavy atom. The standard InChI is InChI=1S/C22H26N2O3/c1-17-5-3-4-6-19(17)16-27-20-9-7-18(15-21(20)26-2)8-10-22(25)24-13-11-23-12-14-24/h3-10,15,23H,11-14,16H2,1-2H3/b10-8+. The summed E-state index contributed by atoms with van der Waals surface area (Å²) < 4.78 is 11.4. The molecular formula is C22H26N2O3. The molecule has 2 aromatic rings. The van der Waals surface area contributed by atoms with Crippen molar-refractivity contribution in [1.82, 2.24) is 10.2 Å². The quantitative estimate of drug-likeness (QED) is 0.799. The molecule has 1 amide bonds. The molecule has 0 spiro atoms. The average Bonchev–Trinajstić information content (AvgIpc) is 2.72. The number of hydrogen-bond acceptors (Lipinski definition) is 4. The number of rotatable bonds is 6. The number of methoxy groups -OCH3 is 1. The minimum absolute atomic E-state index is 0.0374. The summed E-state index contributed by atoms with van der Waals surface area (Å²) in [5.41, 5.74) is 3.24. The van der Waals surface area contributed by atoms with Crippen molar-refractivity contribution in [3.05, 3.63) is 65.2 Å². The van der Waals surface area contributed by atoms with Crippen molar-refractivity contribution in [2.75, 3.05) is 33.3 Å². The third-order valence-corrected chi connectivity index (χ3v) is 4.68. The average molecular weight is 366 g/mol. The van der Waals surface area contributed by atoms with E-state index in [2.05, 4.69) is 24.4 Å². The molecule has 1 aliphatic rings. The number of nitrogens with one attached hydrogen (secondary N) is 1. The van der Waals surface area contributed by atoms with Gasteiger partial charge in [0.25, 0.3) is 0 Å². The van der Waals surface area contributed by atoms with E-state index in [1.165, 1.54) is 5.56 Å². The summed E-state index contributed by atoms with van der Waals surface area (Å²) in [4.78, 5) is 14.1. The maximum Gasteiger partial charge on any atom is 0.246 e. The van der Waals surface area contributed by atoms with E-state index in [0.717, 1.165) is 37.3 Å². The Morgan fingerprint density at radius 1 is 1.15 bits per heavy atom. The molecular weight excluding hydrogens is 340 g/mol. The third-order valence-electron chi connectivity index (χ3n) is 4.68. The Morgan fingerprint density at radius 3 is 2.67 bits per heavy atom. The number of hydrogen-bond donors (Lipinski definition) is 1. The minimum Gasteiger partial charge on any atom is -0.493 e. The van der Waals surface area contributed by atoms with Gasteiger partial charge in [0.15, 0.2) is 11.5 Å². The molecule has 2 aromatic carbocycles. The van der Waals surface area contributed by atoms with Crippen LogP contribution in [0.5, 0.6) is 11.5 Å². The van der Waals surface area contributed by atoms with Gasteiger partial charge in [-0.1, -0.05) is 30.3 Å². The summed E-state index contributed by atoms with van der Waals surface area (Å²) in [5.74, 6) is 1.38. The Bertz CT molecular complexity index is 811. The van der Waals surface area contributed by atoms with Crippen LogP contribution in [0.1, 0.15) is 16.7 Å². The van der Waals surface area contributed by atoms with Crippen LogP contribution in [0.2, 0.25) is 0 Å². The summed E-state index contributed by atoms with van der Waals surface area (Å²) in [7, 11) is 1.62. The molecule has 0 aromatic heterocycles. The predicted octanol–water partition coefficient (Wildman–Crippen LogP) is 3.03. The Balaban J connectivity index is 1.65. The van der Waals surface area contributed by atoms with Crippen LogP contribution in [0, 0.1) is 6.92 Å². The van der Waals surface area contributed by atoms with Crippen LogP contribution in [0.25, 0.3) is 6.08 Å². The lowest BCUT2D eigenvalue weighted by molar-refractivity contribution is -0.126. The van der Waals surface area contributed by atoms with E-state index in [1.54, 1.807) is 13.2 Å². The number of carbonyl (C=O) groups is 1. The molecule has 0 aliphatic carbocycles. The number of carbonyl (C=O) groups excluding carboxylic acids is 1. The fourth-order valence-corrected chi connectivity index (χ4v) is 2.99. The molecule has 1 N–H and O–H groups in total. The summed E-state index contributed by atoms with van der Waals surface area (Å²) in [6.45, 7) is 5.75. The van der Waals surface area contributed by atoms with Gasteiger partial charge in [0.1, 0.15) is 6.61 Å². The number of ether oxygens (including phenoxy) is 2. The van der Waals surface area contributed by atoms with Crippen LogP contribution in [0.15, 0.2) is 48.5 Å². The zero-order chi connectivity index (χ0) is 19.1. The molecule has 3 rings (SSSR count). The van der Waals surface area contributed by atoms with Crippen LogP contribution >= 0.6 is 0 Å². The lowest BCUT2D eigenvalue weighted by Crippen LogP contribution is -2.45. The first-order chi connectivity index (χ1) is 13.2. The van der Waals surface area contributed by atoms with E-state index in [0.29, 0.717) is 18.1 Å². The van der Waals surface area contributed by atoms with Gasteiger partial charge in [0, 0.05) is 32.3 Å². The van der Waals surface area contributed by atoms with Crippen molar-refractivity contribution in [3.8, 4) is 11.5 Å². The molecule has 142 valence electrons. The molecule has 1 fully saturated rings. The van der Waals surface area contributed by atoms with E-state index in [9.17, 15) is 4.79 Å². The van der Waals surface area contributed by atoms with E-state index in [-0.39, 0.29) is 5.91 Å². The summed E-state index contributed by atoms with van der Waals surface area (Å²) >= 11 is 0. The lowest BCUT2D eigenvalue weighted by Gasteiger charge is -2.26. The normalized spacial score (nSPS) is 14.4. The summed E-state index contributed by atoms with van der Waals surface area (Å²) in [5, 5.41) is 3.24. The van der Waals surface area contributed by atoms with E-state index >= 15 is 0 Å². The Labute approximate surface area is 160 Å². The fraction of sp³-hybridized carbons (Fsp3) is 0.318. The lowest BCUT2D eigenvalue weighted by atomic mass is 10.1. The van der Waals surface area contributed by atoms with Crippen LogP contribution in [-0.4, -0.2) is 44.1 Å². The second-order valence-electron chi connectivity index (χ2n) is 6.53. The molecule has 27 heavy (non-hydrogen) atoms. The van der Waals surface area contributed by atoms with E-state index in [1.807, 2.05) is 41.3 Å². The predicted molar refractivity (Wildman–Crippen MR) is 107 cm³/mol. The van der Waals surface area contributed by atoms with Crippen LogP contribution in [-0.2, 0) is 11.4 Å². The highest BCUT2D eigenvalue weighted by atomic mass is 16.5. The molecule has 0 radical (unpaired) electrons. The highest BCUT2D eigenvalue weighted by molar-refractivity contribution is 5.92. The van der Waals surface area contributed by atoms with Crippen LogP contribution in [0.3, 0.4) is 0 Å². The molecule has 1 heterocycles. The number of benzene rings is 2. The second kappa shape index (κ2) is 9.24. The van der Waals surface area contributed by atoms with Crippen molar-refractivity contribution < 1.29 is 14.3 Å². The molecule has 1 aliphatic heterocycles. The number of amides is 1. The van der Waals surface area contributed by atoms with E-state index < -0.39 is 0 Å². The first-order valence-electron chi connectivity index (χ1n) is 9.20. The highest BCUT2D eigenvalue weighted by Crippen LogP contribution is 2.29. The van der Waals surface area contributed by atoms with Crippen LogP contribution < -0.4 is 14.8 Å². The van der Waals surface area contributed by atoms with Gasteiger partial charge < -0.3 is 19.7 Å². The van der Waals surface area contributed by atoms with Gasteiger partial charge in [-0.3, -0.25) is 4.79 Å². The largest absolute Gasteiger partial charge is 0.493 e. The molecule has 0 atom stereocenters. The van der Waals surface area contributed by atoms with E-state index in [4.69, 9.17) is 9.47 Å². The van der Waals surface area contributed by atoms with Gasteiger partial charge in [-0.05, 0) is 41.8 Å². The first-order valence-corrected chi connectivity index (χ1v) is 9.20. The maximum absolute atomic E-state index is 12.2. The molecule has 0 bridgehead atoms. The zero-order valence-electron chi connectivity index (χ0n) is 15.9. The monoisotopic (exact) mass is 366 g/mol. The van der Waals surface area contributed by atoms with Crippen molar-refractivity contribution in [3.63, 3.8) is 0 Å². The third kappa shape index (κ3) is 5.11. The van der Waals surface area contributed by atoms with Gasteiger partial charge in [-0.15, -0.1) is 0 Å². The number of aryl methyl sites for hydroxylation is 1. The number of nitrogens with zero attached hydrogens (tertiary/aromatic N) is 1. The van der Waals surface area contributed by atoms with Crippen molar-refractivity contribution in [2.45, 2.75) is 13.5 Å². The van der Waals surface area contributed by atoms with Crippen molar-refractivity contribution >= 4 is 12.0 Å². The van der Waals surface area contributed by atoms with Gasteiger partial charge in [-0.2, -0.15) is 0 Å². The molecule has 0 unspecified atom stereocenters. The maximum atomic E-state index is 12.2. The molecule has 1 saturated heterocycles. The summed E-state index contributed by atoms with van der Waals surface area (Å²) in [6, 6.07) is 13.8. The molecule has 5 nitrogen and oxygen atoms in total. The van der Waals surface area contributed by atoms with Gasteiger partial charge in [0.2, 0.25) is 5.91 Å². The SMILES string of the molecule is COc1cc(/C=C/C(=O)N2CCNCC2)ccc1OCc1ccccc1C. The van der Waals surface area contributed by atoms with Gasteiger partial charge >= 0.3 is 0 Å². The molecule has 0 saturated carbocycles. The van der Waals surface area contributed by atoms with Crippen molar-refractivity contribution in [1.29, 1.82) is 0 Å². The van der Waals surface area contributed by atoms with Crippen LogP contribution in [0.4, 0.5) is 0 Å². The topological polar surface area (TPSA) is 50.8 Å². The smallest absolute Gasteiger partial charge is 0.246 e. The fourth-order valence-electron chi connectivity index (χ4n) is 2.99. The van der Waals surface area contributed by atoms with Gasteiger partial charge in [0.05, 0.1) is 7.11 Å². The van der Waals surface area contributed by atoms with Crippen molar-refractivity contribution in [2.24, 2.45) is 0 Å². The zero-order valence-corrected chi connectivity index (χ0v) is 15.9. The number of piperazine rings is 1. The second-order valence-corrected chi connectivity index (χ2v) is 6.53.